The van der Waals surface area contributed by atoms with Gasteiger partial charge in [-0.2, -0.15) is 0 Å². The second kappa shape index (κ2) is 13.5. The first-order valence-electron chi connectivity index (χ1n) is 15.2. The van der Waals surface area contributed by atoms with Crippen molar-refractivity contribution in [1.82, 2.24) is 15.2 Å². The Balaban J connectivity index is 1.64. The Kier molecular flexibility index (Phi) is 9.52. The normalized spacial score (nSPS) is 19.7. The minimum absolute atomic E-state index is 0.0535. The first-order valence-corrected chi connectivity index (χ1v) is 17.3. The van der Waals surface area contributed by atoms with Gasteiger partial charge in [0.2, 0.25) is 5.89 Å². The number of aliphatic hydroxyl groups excluding tert-OH is 1. The molecule has 1 amide bonds. The van der Waals surface area contributed by atoms with Gasteiger partial charge in [-0.05, 0) is 73.9 Å². The molecule has 14 heteroatoms. The van der Waals surface area contributed by atoms with E-state index in [2.05, 4.69) is 10.3 Å². The van der Waals surface area contributed by atoms with Crippen LogP contribution in [0.25, 0.3) is 0 Å². The summed E-state index contributed by atoms with van der Waals surface area (Å²) in [6.45, 7) is 3.30. The topological polar surface area (TPSA) is 134 Å². The van der Waals surface area contributed by atoms with Gasteiger partial charge < -0.3 is 24.3 Å². The number of oxazole rings is 1. The number of nitrogens with one attached hydrogen (secondary N) is 1. The van der Waals surface area contributed by atoms with E-state index in [4.69, 9.17) is 37.1 Å². The van der Waals surface area contributed by atoms with Crippen LogP contribution in [0, 0.1) is 0 Å². The maximum absolute atomic E-state index is 15.5. The number of anilines is 1. The summed E-state index contributed by atoms with van der Waals surface area (Å²) >= 11 is 13.2. The Bertz CT molecular complexity index is 1870. The van der Waals surface area contributed by atoms with E-state index in [0.29, 0.717) is 67.6 Å². The van der Waals surface area contributed by atoms with Crippen LogP contribution in [0.5, 0.6) is 11.5 Å². The van der Waals surface area contributed by atoms with E-state index in [9.17, 15) is 13.5 Å². The zero-order chi connectivity index (χ0) is 33.3. The number of halogens is 2. The van der Waals surface area contributed by atoms with E-state index in [1.807, 2.05) is 24.0 Å². The van der Waals surface area contributed by atoms with Crippen LogP contribution in [-0.2, 0) is 26.9 Å². The number of ether oxygens (including phenoxy) is 2. The summed E-state index contributed by atoms with van der Waals surface area (Å²) in [5, 5.41) is 12.7. The molecule has 3 heterocycles. The lowest BCUT2D eigenvalue weighted by Gasteiger charge is -2.41. The highest BCUT2D eigenvalue weighted by Crippen LogP contribution is 2.57. The molecule has 0 saturated carbocycles. The van der Waals surface area contributed by atoms with Crippen molar-refractivity contribution in [3.63, 3.8) is 0 Å². The van der Waals surface area contributed by atoms with Crippen molar-refractivity contribution in [2.75, 3.05) is 37.7 Å². The van der Waals surface area contributed by atoms with Crippen LogP contribution in [0.15, 0.2) is 76.4 Å². The number of nitrogens with zero attached hydrogens (tertiary/aromatic N) is 3. The maximum atomic E-state index is 15.5. The third-order valence-electron chi connectivity index (χ3n) is 8.51. The number of carbonyl (C=O) groups excluding carboxylic acids is 1. The summed E-state index contributed by atoms with van der Waals surface area (Å²) in [6.07, 6.45) is 4.27. The molecule has 1 fully saturated rings. The minimum atomic E-state index is -4.51. The Morgan fingerprint density at radius 2 is 1.87 bits per heavy atom. The molecule has 0 bridgehead atoms. The molecule has 0 radical (unpaired) electrons. The lowest BCUT2D eigenvalue weighted by atomic mass is 9.80. The molecule has 1 saturated heterocycles. The SMILES string of the molecule is CCOc1ccc(S(=O)(=O)N2C(=O)C(c3cc(CNCCO)ccc3OC)(N3CCC[C@H]3c3ncco3)c3cc(Cl)c(Cl)cc32)cc1. The molecule has 11 nitrogen and oxygen atoms in total. The number of benzene rings is 3. The smallest absolute Gasteiger partial charge is 0.271 e. The predicted octanol–water partition coefficient (Wildman–Crippen LogP) is 5.29. The van der Waals surface area contributed by atoms with E-state index in [0.717, 1.165) is 9.87 Å². The summed E-state index contributed by atoms with van der Waals surface area (Å²) < 4.78 is 47.2. The van der Waals surface area contributed by atoms with Crippen LogP contribution in [0.2, 0.25) is 10.0 Å². The molecule has 2 N–H and O–H groups in total. The fraction of sp³-hybridized carbons (Fsp3) is 0.333. The molecule has 3 aromatic carbocycles. The number of hydrogen-bond acceptors (Lipinski definition) is 10. The number of aromatic nitrogens is 1. The second-order valence-corrected chi connectivity index (χ2v) is 13.7. The van der Waals surface area contributed by atoms with Crippen molar-refractivity contribution in [1.29, 1.82) is 0 Å². The second-order valence-electron chi connectivity index (χ2n) is 11.1. The van der Waals surface area contributed by atoms with Crippen molar-refractivity contribution in [3.05, 3.63) is 99.7 Å². The van der Waals surface area contributed by atoms with Gasteiger partial charge in [0, 0.05) is 30.8 Å². The average molecular weight is 702 g/mol. The fourth-order valence-electron chi connectivity index (χ4n) is 6.56. The van der Waals surface area contributed by atoms with Crippen LogP contribution in [0.1, 0.15) is 48.4 Å². The van der Waals surface area contributed by atoms with Crippen molar-refractivity contribution in [3.8, 4) is 11.5 Å². The molecule has 2 aliphatic heterocycles. The number of aliphatic hydroxyl groups is 1. The Morgan fingerprint density at radius 3 is 2.55 bits per heavy atom. The van der Waals surface area contributed by atoms with Gasteiger partial charge in [-0.3, -0.25) is 9.69 Å². The maximum Gasteiger partial charge on any atom is 0.271 e. The summed E-state index contributed by atoms with van der Waals surface area (Å²) in [6, 6.07) is 13.8. The van der Waals surface area contributed by atoms with Gasteiger partial charge in [0.1, 0.15) is 17.8 Å². The van der Waals surface area contributed by atoms with Gasteiger partial charge in [-0.1, -0.05) is 29.3 Å². The van der Waals surface area contributed by atoms with Crippen LogP contribution < -0.4 is 19.1 Å². The van der Waals surface area contributed by atoms with E-state index in [1.54, 1.807) is 24.3 Å². The van der Waals surface area contributed by atoms with E-state index >= 15 is 4.79 Å². The molecular weight excluding hydrogens is 667 g/mol. The van der Waals surface area contributed by atoms with Crippen molar-refractivity contribution in [2.45, 2.75) is 42.8 Å². The van der Waals surface area contributed by atoms with E-state index < -0.39 is 27.5 Å². The van der Waals surface area contributed by atoms with Gasteiger partial charge in [0.15, 0.2) is 5.54 Å². The highest BCUT2D eigenvalue weighted by atomic mass is 35.5. The molecule has 2 aliphatic rings. The van der Waals surface area contributed by atoms with Gasteiger partial charge in [0.25, 0.3) is 15.9 Å². The standard InChI is InChI=1S/C33H34Cl2N4O7S/c1-3-45-22-7-9-23(10-8-22)47(42,43)39-29-19-27(35)26(34)18-24(29)33(32(39)41,38-14-4-5-28(38)31-37-13-16-46-31)25-17-21(20-36-12-15-40)6-11-30(25)44-2/h6-11,13,16-19,28,36,40H,3-5,12,14-15,20H2,1-2H3/t28-,33?/m0/s1. The number of rotatable bonds is 12. The third-order valence-corrected chi connectivity index (χ3v) is 10.9. The van der Waals surface area contributed by atoms with Gasteiger partial charge in [-0.15, -0.1) is 0 Å². The van der Waals surface area contributed by atoms with Crippen molar-refractivity contribution < 1.29 is 32.2 Å². The van der Waals surface area contributed by atoms with Crippen LogP contribution in [0.3, 0.4) is 0 Å². The Morgan fingerprint density at radius 1 is 1.11 bits per heavy atom. The monoisotopic (exact) mass is 700 g/mol. The summed E-state index contributed by atoms with van der Waals surface area (Å²) in [5.41, 5.74) is -0.181. The van der Waals surface area contributed by atoms with Gasteiger partial charge >= 0.3 is 0 Å². The number of amides is 1. The molecule has 0 spiro atoms. The highest BCUT2D eigenvalue weighted by molar-refractivity contribution is 7.93. The van der Waals surface area contributed by atoms with Crippen LogP contribution >= 0.6 is 23.2 Å². The summed E-state index contributed by atoms with van der Waals surface area (Å²) in [4.78, 5) is 21.7. The molecule has 6 rings (SSSR count). The molecule has 1 unspecified atom stereocenters. The first kappa shape index (κ1) is 33.3. The number of sulfonamides is 1. The van der Waals surface area contributed by atoms with Gasteiger partial charge in [-0.25, -0.2) is 17.7 Å². The van der Waals surface area contributed by atoms with Crippen LogP contribution in [-0.4, -0.2) is 62.7 Å². The number of methoxy groups -OCH3 is 1. The minimum Gasteiger partial charge on any atom is -0.496 e. The van der Waals surface area contributed by atoms with E-state index in [-0.39, 0.29) is 27.2 Å². The lowest BCUT2D eigenvalue weighted by Crippen LogP contribution is -2.54. The van der Waals surface area contributed by atoms with E-state index in [1.165, 1.54) is 37.8 Å². The zero-order valence-electron chi connectivity index (χ0n) is 25.8. The average Bonchev–Trinajstić information content (AvgIpc) is 3.81. The lowest BCUT2D eigenvalue weighted by molar-refractivity contribution is -0.127. The first-order chi connectivity index (χ1) is 22.7. The zero-order valence-corrected chi connectivity index (χ0v) is 28.1. The van der Waals surface area contributed by atoms with Crippen molar-refractivity contribution in [2.24, 2.45) is 0 Å². The molecular formula is C33H34Cl2N4O7S. The largest absolute Gasteiger partial charge is 0.496 e. The molecule has 1 aromatic heterocycles. The number of hydrogen-bond donors (Lipinski definition) is 2. The summed E-state index contributed by atoms with van der Waals surface area (Å²) in [7, 11) is -3.01. The fourth-order valence-corrected chi connectivity index (χ4v) is 8.33. The molecule has 2 atom stereocenters. The number of likely N-dealkylation sites (tertiary alicyclic amines) is 1. The summed E-state index contributed by atoms with van der Waals surface area (Å²) in [5.74, 6) is 0.492. The molecule has 248 valence electrons. The Labute approximate surface area is 283 Å². The quantitative estimate of drug-likeness (QED) is 0.188. The van der Waals surface area contributed by atoms with Gasteiger partial charge in [0.05, 0.1) is 53.2 Å². The number of carbonyl (C=O) groups is 1. The predicted molar refractivity (Wildman–Crippen MR) is 176 cm³/mol. The number of fused-ring (bicyclic) bond motifs is 1. The molecule has 0 aliphatic carbocycles. The Hall–Kier alpha value is -3.65. The molecule has 4 aromatic rings. The molecule has 47 heavy (non-hydrogen) atoms. The highest BCUT2D eigenvalue weighted by Gasteiger charge is 2.63. The van der Waals surface area contributed by atoms with Crippen molar-refractivity contribution >= 4 is 44.8 Å². The van der Waals surface area contributed by atoms with Crippen LogP contribution in [0.4, 0.5) is 5.69 Å². The third kappa shape index (κ3) is 5.66.